The van der Waals surface area contributed by atoms with E-state index in [2.05, 4.69) is 32.6 Å². The van der Waals surface area contributed by atoms with Crippen molar-refractivity contribution in [3.05, 3.63) is 42.0 Å². The minimum absolute atomic E-state index is 0.875. The molecule has 0 radical (unpaired) electrons. The van der Waals surface area contributed by atoms with Crippen molar-refractivity contribution in [2.75, 3.05) is 13.7 Å². The lowest BCUT2D eigenvalue weighted by Gasteiger charge is -2.05. The van der Waals surface area contributed by atoms with Gasteiger partial charge >= 0.3 is 0 Å². The molecule has 0 aliphatic rings. The van der Waals surface area contributed by atoms with Crippen LogP contribution in [0, 0.1) is 0 Å². The van der Waals surface area contributed by atoms with Gasteiger partial charge in [-0.05, 0) is 30.7 Å². The fourth-order valence-corrected chi connectivity index (χ4v) is 1.71. The Hall–Kier alpha value is -1.88. The second kappa shape index (κ2) is 6.76. The van der Waals surface area contributed by atoms with Crippen molar-refractivity contribution < 1.29 is 4.74 Å². The number of ether oxygens (including phenoxy) is 1. The molecule has 2 rings (SSSR count). The van der Waals surface area contributed by atoms with Gasteiger partial charge in [-0.25, -0.2) is 4.98 Å². The van der Waals surface area contributed by atoms with Crippen molar-refractivity contribution in [2.45, 2.75) is 19.4 Å². The third-order valence-corrected chi connectivity index (χ3v) is 2.72. The number of nitrogens with zero attached hydrogens (tertiary/aromatic N) is 2. The van der Waals surface area contributed by atoms with Gasteiger partial charge in [0.1, 0.15) is 17.9 Å². The topological polar surface area (TPSA) is 62.8 Å². The molecule has 0 saturated carbocycles. The molecule has 5 heteroatoms. The maximum atomic E-state index is 5.12. The van der Waals surface area contributed by atoms with Gasteiger partial charge in [0.05, 0.1) is 7.11 Å². The minimum atomic E-state index is 0.875. The van der Waals surface area contributed by atoms with E-state index >= 15 is 0 Å². The summed E-state index contributed by atoms with van der Waals surface area (Å²) in [6.07, 6.45) is 3.51. The van der Waals surface area contributed by atoms with Crippen LogP contribution in [0.3, 0.4) is 0 Å². The van der Waals surface area contributed by atoms with E-state index < -0.39 is 0 Å². The number of aromatic amines is 1. The zero-order valence-electron chi connectivity index (χ0n) is 10.5. The number of aromatic nitrogens is 3. The second-order valence-corrected chi connectivity index (χ2v) is 4.06. The van der Waals surface area contributed by atoms with Crippen molar-refractivity contribution in [1.82, 2.24) is 20.5 Å². The molecule has 0 atom stereocenters. The van der Waals surface area contributed by atoms with E-state index in [1.165, 1.54) is 5.56 Å². The Labute approximate surface area is 107 Å². The van der Waals surface area contributed by atoms with Crippen LogP contribution in [0.15, 0.2) is 30.6 Å². The molecule has 0 amide bonds. The fourth-order valence-electron chi connectivity index (χ4n) is 1.71. The lowest BCUT2D eigenvalue weighted by molar-refractivity contribution is 0.414. The van der Waals surface area contributed by atoms with Crippen LogP contribution in [0.5, 0.6) is 5.75 Å². The minimum Gasteiger partial charge on any atom is -0.497 e. The average Bonchev–Trinajstić information content (AvgIpc) is 2.92. The third kappa shape index (κ3) is 3.85. The van der Waals surface area contributed by atoms with Crippen molar-refractivity contribution in [1.29, 1.82) is 0 Å². The van der Waals surface area contributed by atoms with Crippen molar-refractivity contribution in [2.24, 2.45) is 0 Å². The van der Waals surface area contributed by atoms with Crippen LogP contribution in [-0.2, 0) is 13.0 Å². The average molecular weight is 246 g/mol. The molecule has 0 saturated heterocycles. The molecular formula is C13H18N4O. The van der Waals surface area contributed by atoms with Crippen LogP contribution in [0.25, 0.3) is 0 Å². The van der Waals surface area contributed by atoms with E-state index in [0.29, 0.717) is 0 Å². The van der Waals surface area contributed by atoms with E-state index in [-0.39, 0.29) is 0 Å². The van der Waals surface area contributed by atoms with Gasteiger partial charge in [0.25, 0.3) is 0 Å². The summed E-state index contributed by atoms with van der Waals surface area (Å²) >= 11 is 0. The molecular weight excluding hydrogens is 228 g/mol. The molecule has 2 aromatic rings. The molecule has 2 N–H and O–H groups in total. The molecule has 0 aliphatic heterocycles. The van der Waals surface area contributed by atoms with Gasteiger partial charge < -0.3 is 10.1 Å². The van der Waals surface area contributed by atoms with Crippen molar-refractivity contribution in [3.63, 3.8) is 0 Å². The largest absolute Gasteiger partial charge is 0.497 e. The Balaban J connectivity index is 1.62. The van der Waals surface area contributed by atoms with Gasteiger partial charge in [-0.15, -0.1) is 0 Å². The molecule has 0 unspecified atom stereocenters. The van der Waals surface area contributed by atoms with Gasteiger partial charge in [0.15, 0.2) is 0 Å². The predicted octanol–water partition coefficient (Wildman–Crippen LogP) is 1.54. The highest BCUT2D eigenvalue weighted by Gasteiger charge is 1.96. The Morgan fingerprint density at radius 2 is 2.11 bits per heavy atom. The summed E-state index contributed by atoms with van der Waals surface area (Å²) in [7, 11) is 1.68. The molecule has 1 aromatic carbocycles. The van der Waals surface area contributed by atoms with Crippen molar-refractivity contribution >= 4 is 0 Å². The number of methoxy groups -OCH3 is 1. The summed E-state index contributed by atoms with van der Waals surface area (Å²) in [4.78, 5) is 4.08. The first kappa shape index (κ1) is 12.6. The highest BCUT2D eigenvalue weighted by molar-refractivity contribution is 5.26. The third-order valence-electron chi connectivity index (χ3n) is 2.72. The van der Waals surface area contributed by atoms with E-state index in [0.717, 1.165) is 37.5 Å². The van der Waals surface area contributed by atoms with E-state index in [4.69, 9.17) is 4.74 Å². The highest BCUT2D eigenvalue weighted by atomic mass is 16.5. The molecule has 5 nitrogen and oxygen atoms in total. The first-order valence-corrected chi connectivity index (χ1v) is 6.06. The quantitative estimate of drug-likeness (QED) is 0.727. The molecule has 1 aromatic heterocycles. The Kier molecular flexibility index (Phi) is 4.72. The monoisotopic (exact) mass is 246 g/mol. The van der Waals surface area contributed by atoms with Crippen LogP contribution in [0.1, 0.15) is 17.8 Å². The number of rotatable bonds is 7. The number of H-pyrrole nitrogens is 1. The van der Waals surface area contributed by atoms with Gasteiger partial charge in [0.2, 0.25) is 0 Å². The molecule has 0 spiro atoms. The first-order valence-electron chi connectivity index (χ1n) is 6.06. The smallest absolute Gasteiger partial charge is 0.137 e. The maximum absolute atomic E-state index is 5.12. The highest BCUT2D eigenvalue weighted by Crippen LogP contribution is 2.10. The second-order valence-electron chi connectivity index (χ2n) is 4.06. The van der Waals surface area contributed by atoms with E-state index in [1.807, 2.05) is 12.1 Å². The van der Waals surface area contributed by atoms with Crippen molar-refractivity contribution in [3.8, 4) is 5.75 Å². The Morgan fingerprint density at radius 3 is 2.78 bits per heavy atom. The van der Waals surface area contributed by atoms with E-state index in [1.54, 1.807) is 13.4 Å². The predicted molar refractivity (Wildman–Crippen MR) is 69.4 cm³/mol. The van der Waals surface area contributed by atoms with Gasteiger partial charge in [-0.2, -0.15) is 5.10 Å². The molecule has 0 aliphatic carbocycles. The summed E-state index contributed by atoms with van der Waals surface area (Å²) < 4.78 is 5.12. The zero-order chi connectivity index (χ0) is 12.6. The lowest BCUT2D eigenvalue weighted by Crippen LogP contribution is -2.15. The molecule has 0 fully saturated rings. The van der Waals surface area contributed by atoms with Gasteiger partial charge in [-0.3, -0.25) is 5.10 Å². The first-order chi connectivity index (χ1) is 8.88. The standard InChI is InChI=1S/C13H18N4O/c1-18-12-6-4-11(5-7-12)9-14-8-2-3-13-15-10-16-17-13/h4-7,10,14H,2-3,8-9H2,1H3,(H,15,16,17). The maximum Gasteiger partial charge on any atom is 0.137 e. The van der Waals surface area contributed by atoms with Crippen LogP contribution in [-0.4, -0.2) is 28.8 Å². The van der Waals surface area contributed by atoms with Crippen LogP contribution in [0.2, 0.25) is 0 Å². The van der Waals surface area contributed by atoms with Gasteiger partial charge in [-0.1, -0.05) is 12.1 Å². The summed E-state index contributed by atoms with van der Waals surface area (Å²) in [5.74, 6) is 1.84. The van der Waals surface area contributed by atoms with E-state index in [9.17, 15) is 0 Å². The molecule has 96 valence electrons. The summed E-state index contributed by atoms with van der Waals surface area (Å²) in [6, 6.07) is 8.10. The molecule has 1 heterocycles. The van der Waals surface area contributed by atoms with Crippen LogP contribution in [0.4, 0.5) is 0 Å². The molecule has 18 heavy (non-hydrogen) atoms. The number of hydrogen-bond acceptors (Lipinski definition) is 4. The normalized spacial score (nSPS) is 10.5. The number of benzene rings is 1. The Morgan fingerprint density at radius 1 is 1.28 bits per heavy atom. The SMILES string of the molecule is COc1ccc(CNCCCc2ncn[nH]2)cc1. The summed E-state index contributed by atoms with van der Waals surface area (Å²) in [5.41, 5.74) is 1.26. The zero-order valence-corrected chi connectivity index (χ0v) is 10.5. The number of nitrogens with one attached hydrogen (secondary N) is 2. The fraction of sp³-hybridized carbons (Fsp3) is 0.385. The number of aryl methyl sites for hydroxylation is 1. The van der Waals surface area contributed by atoms with Gasteiger partial charge in [0, 0.05) is 13.0 Å². The summed E-state index contributed by atoms with van der Waals surface area (Å²) in [5, 5.41) is 10.1. The van der Waals surface area contributed by atoms with Crippen LogP contribution < -0.4 is 10.1 Å². The van der Waals surface area contributed by atoms with Crippen LogP contribution >= 0.6 is 0 Å². The molecule has 0 bridgehead atoms. The number of hydrogen-bond donors (Lipinski definition) is 2. The lowest BCUT2D eigenvalue weighted by atomic mass is 10.2. The Bertz CT molecular complexity index is 439. The summed E-state index contributed by atoms with van der Waals surface area (Å²) in [6.45, 7) is 1.84.